The predicted octanol–water partition coefficient (Wildman–Crippen LogP) is 4.56. The van der Waals surface area contributed by atoms with Gasteiger partial charge in [0.15, 0.2) is 0 Å². The minimum atomic E-state index is -0.410. The third-order valence-electron chi connectivity index (χ3n) is 3.64. The van der Waals surface area contributed by atoms with Gasteiger partial charge in [0.2, 0.25) is 0 Å². The van der Waals surface area contributed by atoms with Crippen molar-refractivity contribution >= 4 is 39.4 Å². The second-order valence-electron chi connectivity index (χ2n) is 5.35. The molecule has 0 amide bonds. The van der Waals surface area contributed by atoms with Gasteiger partial charge in [-0.25, -0.2) is 9.67 Å². The van der Waals surface area contributed by atoms with E-state index in [9.17, 15) is 10.1 Å². The van der Waals surface area contributed by atoms with Crippen LogP contribution in [0.2, 0.25) is 0 Å². The Hall–Kier alpha value is -3.32. The predicted molar refractivity (Wildman–Crippen MR) is 98.8 cm³/mol. The van der Waals surface area contributed by atoms with Gasteiger partial charge in [0.05, 0.1) is 27.0 Å². The monoisotopic (exact) mass is 348 g/mol. The zero-order chi connectivity index (χ0) is 17.2. The van der Waals surface area contributed by atoms with E-state index < -0.39 is 4.92 Å². The lowest BCUT2D eigenvalue weighted by atomic mass is 10.3. The third kappa shape index (κ3) is 3.17. The lowest BCUT2D eigenvalue weighted by Crippen LogP contribution is -1.92. The van der Waals surface area contributed by atoms with E-state index >= 15 is 0 Å². The highest BCUT2D eigenvalue weighted by atomic mass is 32.1. The first-order valence-corrected chi connectivity index (χ1v) is 8.34. The van der Waals surface area contributed by atoms with Crippen LogP contribution in [-0.2, 0) is 0 Å². The molecule has 2 heterocycles. The zero-order valence-electron chi connectivity index (χ0n) is 12.9. The number of aromatic nitrogens is 3. The summed E-state index contributed by atoms with van der Waals surface area (Å²) in [6.07, 6.45) is 7.53. The van der Waals surface area contributed by atoms with Gasteiger partial charge in [0.25, 0.3) is 5.69 Å². The molecule has 2 aromatic carbocycles. The van der Waals surface area contributed by atoms with E-state index in [0.29, 0.717) is 5.52 Å². The Morgan fingerprint density at radius 2 is 1.96 bits per heavy atom. The van der Waals surface area contributed by atoms with Crippen molar-refractivity contribution < 1.29 is 4.92 Å². The van der Waals surface area contributed by atoms with E-state index in [2.05, 4.69) is 10.1 Å². The molecule has 0 saturated carbocycles. The lowest BCUT2D eigenvalue weighted by Gasteiger charge is -1.98. The summed E-state index contributed by atoms with van der Waals surface area (Å²) in [6, 6.07) is 14.6. The topological polar surface area (TPSA) is 73.8 Å². The van der Waals surface area contributed by atoms with Crippen molar-refractivity contribution in [3.63, 3.8) is 0 Å². The second-order valence-corrected chi connectivity index (χ2v) is 6.41. The molecule has 2 aromatic heterocycles. The van der Waals surface area contributed by atoms with Crippen LogP contribution in [0.3, 0.4) is 0 Å². The first-order chi connectivity index (χ1) is 12.2. The summed E-state index contributed by atoms with van der Waals surface area (Å²) >= 11 is 1.49. The third-order valence-corrected chi connectivity index (χ3v) is 4.64. The molecule has 0 aliphatic carbocycles. The van der Waals surface area contributed by atoms with Crippen LogP contribution in [0.15, 0.2) is 60.9 Å². The van der Waals surface area contributed by atoms with Crippen LogP contribution in [0.4, 0.5) is 5.69 Å². The van der Waals surface area contributed by atoms with Gasteiger partial charge in [-0.15, -0.1) is 11.3 Å². The maximum atomic E-state index is 10.8. The largest absolute Gasteiger partial charge is 0.271 e. The first kappa shape index (κ1) is 15.2. The minimum Gasteiger partial charge on any atom is -0.258 e. The van der Waals surface area contributed by atoms with E-state index in [0.717, 1.165) is 21.0 Å². The Morgan fingerprint density at radius 3 is 2.76 bits per heavy atom. The molecule has 4 aromatic rings. The molecule has 4 rings (SSSR count). The van der Waals surface area contributed by atoms with Crippen LogP contribution in [0.25, 0.3) is 28.1 Å². The molecule has 122 valence electrons. The number of hydrogen-bond donors (Lipinski definition) is 0. The summed E-state index contributed by atoms with van der Waals surface area (Å²) in [7, 11) is 0. The van der Waals surface area contributed by atoms with Gasteiger partial charge in [-0.1, -0.05) is 18.2 Å². The molecule has 0 unspecified atom stereocenters. The molecular formula is C18H12N4O2S. The van der Waals surface area contributed by atoms with Crippen molar-refractivity contribution in [3.8, 4) is 5.69 Å². The van der Waals surface area contributed by atoms with Crippen molar-refractivity contribution in [1.29, 1.82) is 0 Å². The number of nitrogens with zero attached hydrogens (tertiary/aromatic N) is 4. The molecule has 0 aliphatic rings. The highest BCUT2D eigenvalue weighted by molar-refractivity contribution is 7.19. The van der Waals surface area contributed by atoms with Crippen LogP contribution in [0.1, 0.15) is 10.6 Å². The molecule has 0 atom stereocenters. The average molecular weight is 348 g/mol. The van der Waals surface area contributed by atoms with Crippen LogP contribution in [-0.4, -0.2) is 19.7 Å². The SMILES string of the molecule is O=[N+]([O-])c1ccc2sc(/C=C/c3cnn(-c4ccccc4)c3)nc2c1. The summed E-state index contributed by atoms with van der Waals surface area (Å²) in [5.41, 5.74) is 2.64. The molecule has 0 saturated heterocycles. The van der Waals surface area contributed by atoms with Crippen LogP contribution in [0, 0.1) is 10.1 Å². The summed E-state index contributed by atoms with van der Waals surface area (Å²) < 4.78 is 2.73. The average Bonchev–Trinajstić information content (AvgIpc) is 3.26. The van der Waals surface area contributed by atoms with Crippen molar-refractivity contribution in [1.82, 2.24) is 14.8 Å². The van der Waals surface area contributed by atoms with Crippen LogP contribution in [0.5, 0.6) is 0 Å². The number of non-ortho nitro benzene ring substituents is 1. The van der Waals surface area contributed by atoms with Crippen LogP contribution >= 0.6 is 11.3 Å². The van der Waals surface area contributed by atoms with Crippen LogP contribution < -0.4 is 0 Å². The number of rotatable bonds is 4. The van der Waals surface area contributed by atoms with E-state index in [4.69, 9.17) is 0 Å². The lowest BCUT2D eigenvalue weighted by molar-refractivity contribution is -0.384. The van der Waals surface area contributed by atoms with Gasteiger partial charge in [0.1, 0.15) is 5.01 Å². The molecule has 0 fully saturated rings. The highest BCUT2D eigenvalue weighted by Gasteiger charge is 2.09. The van der Waals surface area contributed by atoms with Gasteiger partial charge < -0.3 is 0 Å². The Morgan fingerprint density at radius 1 is 1.12 bits per heavy atom. The number of nitro groups is 1. The van der Waals surface area contributed by atoms with Crippen molar-refractivity contribution in [3.05, 3.63) is 81.6 Å². The zero-order valence-corrected chi connectivity index (χ0v) is 13.8. The molecule has 7 heteroatoms. The van der Waals surface area contributed by atoms with Crippen molar-refractivity contribution in [2.75, 3.05) is 0 Å². The van der Waals surface area contributed by atoms with Gasteiger partial charge >= 0.3 is 0 Å². The number of hydrogen-bond acceptors (Lipinski definition) is 5. The molecule has 0 spiro atoms. The summed E-state index contributed by atoms with van der Waals surface area (Å²) in [5.74, 6) is 0. The molecular weight excluding hydrogens is 336 g/mol. The highest BCUT2D eigenvalue weighted by Crippen LogP contribution is 2.27. The number of thiazole rings is 1. The van der Waals surface area contributed by atoms with E-state index in [1.165, 1.54) is 23.5 Å². The van der Waals surface area contributed by atoms with Gasteiger partial charge in [0, 0.05) is 23.9 Å². The summed E-state index contributed by atoms with van der Waals surface area (Å²) in [4.78, 5) is 14.9. The standard InChI is InChI=1S/C18H12N4O2S/c23-22(24)15-7-8-17-16(10-15)20-18(25-17)9-6-13-11-19-21(12-13)14-4-2-1-3-5-14/h1-12H/b9-6+. The van der Waals surface area contributed by atoms with Gasteiger partial charge in [-0.05, 0) is 30.4 Å². The molecule has 0 radical (unpaired) electrons. The number of nitro benzene ring substituents is 1. The number of benzene rings is 2. The van der Waals surface area contributed by atoms with Crippen molar-refractivity contribution in [2.45, 2.75) is 0 Å². The Balaban J connectivity index is 1.58. The fraction of sp³-hybridized carbons (Fsp3) is 0. The fourth-order valence-corrected chi connectivity index (χ4v) is 3.28. The Labute approximate surface area is 146 Å². The maximum absolute atomic E-state index is 10.8. The number of fused-ring (bicyclic) bond motifs is 1. The smallest absolute Gasteiger partial charge is 0.258 e. The normalized spacial score (nSPS) is 11.4. The molecule has 0 bridgehead atoms. The molecule has 25 heavy (non-hydrogen) atoms. The molecule has 6 nitrogen and oxygen atoms in total. The molecule has 0 N–H and O–H groups in total. The minimum absolute atomic E-state index is 0.0532. The quantitative estimate of drug-likeness (QED) is 0.400. The first-order valence-electron chi connectivity index (χ1n) is 7.52. The number of para-hydroxylation sites is 1. The summed E-state index contributed by atoms with van der Waals surface area (Å²) in [6.45, 7) is 0. The van der Waals surface area contributed by atoms with E-state index in [1.54, 1.807) is 16.9 Å². The Bertz CT molecular complexity index is 1080. The van der Waals surface area contributed by atoms with Gasteiger partial charge in [-0.3, -0.25) is 10.1 Å². The summed E-state index contributed by atoms with van der Waals surface area (Å²) in [5, 5.41) is 16.0. The van der Waals surface area contributed by atoms with Gasteiger partial charge in [-0.2, -0.15) is 5.10 Å². The molecule has 0 aliphatic heterocycles. The maximum Gasteiger partial charge on any atom is 0.271 e. The van der Waals surface area contributed by atoms with E-state index in [-0.39, 0.29) is 5.69 Å². The Kier molecular flexibility index (Phi) is 3.83. The fourth-order valence-electron chi connectivity index (χ4n) is 2.43. The second kappa shape index (κ2) is 6.29. The van der Waals surface area contributed by atoms with Crippen molar-refractivity contribution in [2.24, 2.45) is 0 Å². The van der Waals surface area contributed by atoms with E-state index in [1.807, 2.05) is 48.7 Å².